The lowest BCUT2D eigenvalue weighted by Crippen LogP contribution is -2.54. The summed E-state index contributed by atoms with van der Waals surface area (Å²) in [4.78, 5) is 24.2. The zero-order valence-corrected chi connectivity index (χ0v) is 15.5. The molecule has 0 saturated heterocycles. The molecule has 4 rings (SSSR count). The molecule has 4 aliphatic carbocycles. The summed E-state index contributed by atoms with van der Waals surface area (Å²) in [5.41, 5.74) is 1.53. The Morgan fingerprint density at radius 1 is 1.32 bits per heavy atom. The second-order valence-corrected chi connectivity index (χ2v) is 9.07. The first-order valence-electron chi connectivity index (χ1n) is 9.50. The van der Waals surface area contributed by atoms with Crippen molar-refractivity contribution in [3.05, 3.63) is 35.5 Å². The van der Waals surface area contributed by atoms with Gasteiger partial charge in [-0.3, -0.25) is 9.59 Å². The second kappa shape index (κ2) is 5.03. The van der Waals surface area contributed by atoms with E-state index in [1.165, 1.54) is 18.1 Å². The van der Waals surface area contributed by atoms with Gasteiger partial charge in [0.15, 0.2) is 11.6 Å². The van der Waals surface area contributed by atoms with Crippen molar-refractivity contribution in [1.82, 2.24) is 0 Å². The van der Waals surface area contributed by atoms with Crippen LogP contribution in [0.1, 0.15) is 59.3 Å². The fourth-order valence-electron chi connectivity index (χ4n) is 6.48. The van der Waals surface area contributed by atoms with E-state index in [1.54, 1.807) is 0 Å². The largest absolute Gasteiger partial charge is 0.377 e. The summed E-state index contributed by atoms with van der Waals surface area (Å²) in [7, 11) is 0. The van der Waals surface area contributed by atoms with Crippen molar-refractivity contribution in [1.29, 1.82) is 0 Å². The Kier molecular flexibility index (Phi) is 3.41. The van der Waals surface area contributed by atoms with Crippen molar-refractivity contribution >= 4 is 11.6 Å². The molecule has 0 unspecified atom stereocenters. The molecule has 0 spiro atoms. The summed E-state index contributed by atoms with van der Waals surface area (Å²) in [6.07, 6.45) is 9.06. The molecule has 0 aromatic rings. The summed E-state index contributed by atoms with van der Waals surface area (Å²) < 4.78 is 0. The first-order valence-corrected chi connectivity index (χ1v) is 9.50. The molecule has 0 bridgehead atoms. The van der Waals surface area contributed by atoms with Crippen LogP contribution in [-0.4, -0.2) is 22.3 Å². The lowest BCUT2D eigenvalue weighted by Gasteiger charge is -2.54. The zero-order valence-electron chi connectivity index (χ0n) is 15.5. The maximum atomic E-state index is 12.3. The van der Waals surface area contributed by atoms with Gasteiger partial charge in [-0.2, -0.15) is 0 Å². The SMILES string of the molecule is C=C1C[C@H]2[C@@H]3CCC4=CC(=O)CC[C@]4(C)C3=CC[C@]2(C)[C@@]1(O)C(C)=O. The number of fused-ring (bicyclic) bond motifs is 5. The fraction of sp³-hybridized carbons (Fsp3) is 0.636. The van der Waals surface area contributed by atoms with Crippen LogP contribution in [-0.2, 0) is 9.59 Å². The fourth-order valence-corrected chi connectivity index (χ4v) is 6.48. The van der Waals surface area contributed by atoms with E-state index in [0.29, 0.717) is 24.3 Å². The van der Waals surface area contributed by atoms with Gasteiger partial charge in [0, 0.05) is 17.3 Å². The standard InChI is InChI=1S/C22H28O3/c1-13-11-19-17-6-5-15-12-16(24)7-9-20(15,3)18(17)8-10-21(19,4)22(13,25)14(2)23/h8,12,17,19,25H,1,5-7,9-11H2,2-4H3/t17-,19+,20+,21+,22+/m1/s1. The normalized spacial score (nSPS) is 45.9. The van der Waals surface area contributed by atoms with E-state index in [4.69, 9.17) is 0 Å². The molecule has 0 aromatic carbocycles. The minimum atomic E-state index is -1.40. The van der Waals surface area contributed by atoms with E-state index in [0.717, 1.165) is 25.7 Å². The van der Waals surface area contributed by atoms with Gasteiger partial charge in [-0.15, -0.1) is 0 Å². The molecule has 1 N–H and O–H groups in total. The highest BCUT2D eigenvalue weighted by molar-refractivity contribution is 5.92. The Labute approximate surface area is 149 Å². The van der Waals surface area contributed by atoms with Crippen molar-refractivity contribution in [3.63, 3.8) is 0 Å². The molecule has 25 heavy (non-hydrogen) atoms. The molecule has 0 aliphatic heterocycles. The van der Waals surface area contributed by atoms with Gasteiger partial charge in [-0.25, -0.2) is 0 Å². The molecule has 0 radical (unpaired) electrons. The van der Waals surface area contributed by atoms with Crippen molar-refractivity contribution < 1.29 is 14.7 Å². The first-order chi connectivity index (χ1) is 11.6. The number of Topliss-reactive ketones (excluding diaryl/α,β-unsaturated/α-hetero) is 1. The lowest BCUT2D eigenvalue weighted by atomic mass is 9.50. The first kappa shape index (κ1) is 17.0. The highest BCUT2D eigenvalue weighted by Gasteiger charge is 2.65. The predicted molar refractivity (Wildman–Crippen MR) is 96.8 cm³/mol. The van der Waals surface area contributed by atoms with Gasteiger partial charge >= 0.3 is 0 Å². The molecule has 4 aliphatic rings. The number of carbonyl (C=O) groups excluding carboxylic acids is 2. The van der Waals surface area contributed by atoms with Crippen LogP contribution in [0.3, 0.4) is 0 Å². The molecule has 0 heterocycles. The monoisotopic (exact) mass is 340 g/mol. The third-order valence-electron chi connectivity index (χ3n) is 8.04. The topological polar surface area (TPSA) is 54.4 Å². The minimum absolute atomic E-state index is 0.0174. The molecule has 2 saturated carbocycles. The molecule has 0 aromatic heterocycles. The van der Waals surface area contributed by atoms with E-state index in [1.807, 2.05) is 6.08 Å². The van der Waals surface area contributed by atoms with Crippen LogP contribution in [0, 0.1) is 22.7 Å². The molecular weight excluding hydrogens is 312 g/mol. The van der Waals surface area contributed by atoms with Gasteiger partial charge in [0.25, 0.3) is 0 Å². The number of carbonyl (C=O) groups is 2. The number of hydrogen-bond donors (Lipinski definition) is 1. The van der Waals surface area contributed by atoms with Gasteiger partial charge in [-0.05, 0) is 62.5 Å². The van der Waals surface area contributed by atoms with Crippen LogP contribution in [0.4, 0.5) is 0 Å². The molecule has 0 amide bonds. The average molecular weight is 340 g/mol. The van der Waals surface area contributed by atoms with Gasteiger partial charge in [-0.1, -0.05) is 37.6 Å². The van der Waals surface area contributed by atoms with E-state index < -0.39 is 11.0 Å². The molecule has 3 heteroatoms. The van der Waals surface area contributed by atoms with Gasteiger partial charge in [0.2, 0.25) is 0 Å². The Bertz CT molecular complexity index is 757. The van der Waals surface area contributed by atoms with Crippen LogP contribution in [0.25, 0.3) is 0 Å². The number of hydrogen-bond acceptors (Lipinski definition) is 3. The smallest absolute Gasteiger partial charge is 0.166 e. The summed E-state index contributed by atoms with van der Waals surface area (Å²) in [6, 6.07) is 0. The summed E-state index contributed by atoms with van der Waals surface area (Å²) in [5, 5.41) is 11.3. The van der Waals surface area contributed by atoms with Gasteiger partial charge in [0.05, 0.1) is 0 Å². The van der Waals surface area contributed by atoms with Crippen molar-refractivity contribution in [3.8, 4) is 0 Å². The minimum Gasteiger partial charge on any atom is -0.377 e. The predicted octanol–water partition coefficient (Wildman–Crippen LogP) is 3.92. The third-order valence-corrected chi connectivity index (χ3v) is 8.04. The van der Waals surface area contributed by atoms with Gasteiger partial charge < -0.3 is 5.11 Å². The molecule has 3 nitrogen and oxygen atoms in total. The van der Waals surface area contributed by atoms with E-state index >= 15 is 0 Å². The lowest BCUT2D eigenvalue weighted by molar-refractivity contribution is -0.145. The third kappa shape index (κ3) is 1.91. The number of rotatable bonds is 1. The number of ketones is 2. The highest BCUT2D eigenvalue weighted by Crippen LogP contribution is 2.66. The van der Waals surface area contributed by atoms with Crippen molar-refractivity contribution in [2.75, 3.05) is 0 Å². The summed E-state index contributed by atoms with van der Waals surface area (Å²) in [5.74, 6) is 0.710. The van der Waals surface area contributed by atoms with Crippen molar-refractivity contribution in [2.45, 2.75) is 64.9 Å². The van der Waals surface area contributed by atoms with Crippen LogP contribution >= 0.6 is 0 Å². The zero-order chi connectivity index (χ0) is 18.2. The van der Waals surface area contributed by atoms with E-state index in [9.17, 15) is 14.7 Å². The average Bonchev–Trinajstić information content (AvgIpc) is 2.77. The van der Waals surface area contributed by atoms with Crippen LogP contribution < -0.4 is 0 Å². The van der Waals surface area contributed by atoms with E-state index in [2.05, 4.69) is 26.5 Å². The van der Waals surface area contributed by atoms with E-state index in [-0.39, 0.29) is 22.9 Å². The molecule has 2 fully saturated rings. The maximum Gasteiger partial charge on any atom is 0.166 e. The Morgan fingerprint density at radius 3 is 2.72 bits per heavy atom. The van der Waals surface area contributed by atoms with Crippen LogP contribution in [0.5, 0.6) is 0 Å². The van der Waals surface area contributed by atoms with Crippen LogP contribution in [0.2, 0.25) is 0 Å². The Morgan fingerprint density at radius 2 is 2.04 bits per heavy atom. The quantitative estimate of drug-likeness (QED) is 0.736. The number of aliphatic hydroxyl groups is 1. The number of allylic oxidation sites excluding steroid dienone is 4. The van der Waals surface area contributed by atoms with Gasteiger partial charge in [0.1, 0.15) is 5.60 Å². The maximum absolute atomic E-state index is 12.3. The Balaban J connectivity index is 1.81. The highest BCUT2D eigenvalue weighted by atomic mass is 16.3. The molecule has 134 valence electrons. The molecule has 5 atom stereocenters. The Hall–Kier alpha value is -1.48. The summed E-state index contributed by atoms with van der Waals surface area (Å²) in [6.45, 7) is 9.94. The van der Waals surface area contributed by atoms with Crippen LogP contribution in [0.15, 0.2) is 35.5 Å². The van der Waals surface area contributed by atoms with Crippen molar-refractivity contribution in [2.24, 2.45) is 22.7 Å². The molecular formula is C22H28O3. The summed E-state index contributed by atoms with van der Waals surface area (Å²) >= 11 is 0. The second-order valence-electron chi connectivity index (χ2n) is 9.07.